The Labute approximate surface area is 196 Å². The van der Waals surface area contributed by atoms with E-state index in [1.165, 1.54) is 0 Å². The lowest BCUT2D eigenvalue weighted by Gasteiger charge is -2.10. The molecule has 10 heteroatoms. The number of rotatable bonds is 11. The summed E-state index contributed by atoms with van der Waals surface area (Å²) in [5.74, 6) is -2.30. The number of H-pyrrole nitrogens is 1. The van der Waals surface area contributed by atoms with Crippen LogP contribution in [0, 0.1) is 0 Å². The van der Waals surface area contributed by atoms with E-state index in [4.69, 9.17) is 0 Å². The molecule has 178 valence electrons. The molecule has 0 unspecified atom stereocenters. The van der Waals surface area contributed by atoms with Crippen LogP contribution in [0.5, 0.6) is 0 Å². The third-order valence-corrected chi connectivity index (χ3v) is 5.66. The Morgan fingerprint density at radius 2 is 1.82 bits per heavy atom. The minimum atomic E-state index is -3.02. The van der Waals surface area contributed by atoms with E-state index >= 15 is 0 Å². The maximum absolute atomic E-state index is 14.5. The molecule has 4 rings (SSSR count). The molecule has 0 saturated heterocycles. The van der Waals surface area contributed by atoms with Crippen molar-refractivity contribution < 1.29 is 8.78 Å². The normalized spacial score (nSPS) is 11.8. The Bertz CT molecular complexity index is 1190. The second-order valence-corrected chi connectivity index (χ2v) is 8.28. The molecule has 0 aliphatic carbocycles. The highest BCUT2D eigenvalue weighted by molar-refractivity contribution is 5.79. The van der Waals surface area contributed by atoms with Crippen LogP contribution in [0.3, 0.4) is 0 Å². The number of benzene rings is 1. The summed E-state index contributed by atoms with van der Waals surface area (Å²) in [6, 6.07) is 9.84. The SMILES string of the molecule is CCCCCn1nc(C(F)(F)CCC)nc1Cc1ccc(-c2ccncc2-c2nnn[nH]2)cc1. The van der Waals surface area contributed by atoms with Gasteiger partial charge in [-0.3, -0.25) is 4.98 Å². The molecule has 8 nitrogen and oxygen atoms in total. The van der Waals surface area contributed by atoms with Crippen LogP contribution >= 0.6 is 0 Å². The zero-order valence-electron chi connectivity index (χ0n) is 19.4. The number of aromatic amines is 1. The Morgan fingerprint density at radius 1 is 1.00 bits per heavy atom. The smallest absolute Gasteiger partial charge is 0.264 e. The Hall–Kier alpha value is -3.56. The van der Waals surface area contributed by atoms with Gasteiger partial charge in [-0.2, -0.15) is 8.78 Å². The first kappa shape index (κ1) is 23.6. The number of aryl methyl sites for hydroxylation is 1. The molecule has 0 radical (unpaired) electrons. The van der Waals surface area contributed by atoms with Crippen LogP contribution in [0.1, 0.15) is 63.2 Å². The lowest BCUT2D eigenvalue weighted by atomic mass is 9.99. The van der Waals surface area contributed by atoms with Gasteiger partial charge in [0.25, 0.3) is 0 Å². The average Bonchev–Trinajstić information content (AvgIpc) is 3.51. The number of pyridine rings is 1. The van der Waals surface area contributed by atoms with Gasteiger partial charge in [0.15, 0.2) is 5.82 Å². The van der Waals surface area contributed by atoms with Crippen molar-refractivity contribution in [3.63, 3.8) is 0 Å². The molecule has 1 aromatic carbocycles. The molecule has 1 N–H and O–H groups in total. The van der Waals surface area contributed by atoms with Crippen LogP contribution < -0.4 is 0 Å². The summed E-state index contributed by atoms with van der Waals surface area (Å²) in [6.45, 7) is 4.43. The molecule has 3 aromatic heterocycles. The van der Waals surface area contributed by atoms with E-state index in [0.29, 0.717) is 31.0 Å². The van der Waals surface area contributed by atoms with Crippen molar-refractivity contribution in [2.45, 2.75) is 64.8 Å². The summed E-state index contributed by atoms with van der Waals surface area (Å²) in [5, 5.41) is 18.2. The Morgan fingerprint density at radius 3 is 2.53 bits per heavy atom. The van der Waals surface area contributed by atoms with Crippen LogP contribution in [-0.4, -0.2) is 40.4 Å². The summed E-state index contributed by atoms with van der Waals surface area (Å²) in [6.07, 6.45) is 6.91. The molecule has 34 heavy (non-hydrogen) atoms. The van der Waals surface area contributed by atoms with Gasteiger partial charge in [0, 0.05) is 37.3 Å². The molecule has 0 saturated carbocycles. The molecule has 0 fully saturated rings. The molecule has 0 bridgehead atoms. The van der Waals surface area contributed by atoms with Crippen LogP contribution in [0.4, 0.5) is 8.78 Å². The van der Waals surface area contributed by atoms with Gasteiger partial charge in [-0.05, 0) is 46.0 Å². The topological polar surface area (TPSA) is 98.1 Å². The standard InChI is InChI=1S/C24H28F2N8/c1-3-5-6-14-34-21(28-23(31-34)24(25,26)12-4-2)15-17-7-9-18(10-8-17)19-11-13-27-16-20(19)22-29-32-33-30-22/h7-11,13,16H,3-6,12,14-15H2,1-2H3,(H,29,30,32,33). The fourth-order valence-corrected chi connectivity index (χ4v) is 3.87. The molecule has 0 amide bonds. The van der Waals surface area contributed by atoms with E-state index in [2.05, 4.69) is 42.6 Å². The summed E-state index contributed by atoms with van der Waals surface area (Å²) in [7, 11) is 0. The third-order valence-electron chi connectivity index (χ3n) is 5.66. The Balaban J connectivity index is 1.58. The fraction of sp³-hybridized carbons (Fsp3) is 0.417. The van der Waals surface area contributed by atoms with Gasteiger partial charge in [-0.15, -0.1) is 10.2 Å². The van der Waals surface area contributed by atoms with Crippen molar-refractivity contribution in [2.24, 2.45) is 0 Å². The van der Waals surface area contributed by atoms with Crippen LogP contribution in [0.15, 0.2) is 42.7 Å². The number of nitrogens with one attached hydrogen (secondary N) is 1. The molecule has 0 atom stereocenters. The first-order chi connectivity index (χ1) is 16.5. The lowest BCUT2D eigenvalue weighted by molar-refractivity contribution is -0.0232. The van der Waals surface area contributed by atoms with Crippen molar-refractivity contribution in [3.05, 3.63) is 59.9 Å². The second-order valence-electron chi connectivity index (χ2n) is 8.28. The van der Waals surface area contributed by atoms with E-state index in [9.17, 15) is 8.78 Å². The first-order valence-corrected chi connectivity index (χ1v) is 11.6. The highest BCUT2D eigenvalue weighted by Gasteiger charge is 2.36. The summed E-state index contributed by atoms with van der Waals surface area (Å²) in [4.78, 5) is 8.45. The minimum Gasteiger partial charge on any atom is -0.264 e. The van der Waals surface area contributed by atoms with Gasteiger partial charge in [-0.1, -0.05) is 51.0 Å². The van der Waals surface area contributed by atoms with Gasteiger partial charge >= 0.3 is 5.92 Å². The molecular weight excluding hydrogens is 438 g/mol. The molecule has 4 aromatic rings. The highest BCUT2D eigenvalue weighted by Crippen LogP contribution is 2.32. The quantitative estimate of drug-likeness (QED) is 0.305. The monoisotopic (exact) mass is 466 g/mol. The van der Waals surface area contributed by atoms with Crippen molar-refractivity contribution in [1.29, 1.82) is 0 Å². The lowest BCUT2D eigenvalue weighted by Crippen LogP contribution is -2.15. The van der Waals surface area contributed by atoms with Crippen molar-refractivity contribution >= 4 is 0 Å². The van der Waals surface area contributed by atoms with E-state index in [0.717, 1.165) is 41.5 Å². The van der Waals surface area contributed by atoms with E-state index < -0.39 is 5.92 Å². The van der Waals surface area contributed by atoms with E-state index in [1.54, 1.807) is 24.0 Å². The number of aromatic nitrogens is 8. The number of nitrogens with zero attached hydrogens (tertiary/aromatic N) is 7. The second kappa shape index (κ2) is 10.6. The minimum absolute atomic E-state index is 0.255. The predicted molar refractivity (Wildman–Crippen MR) is 124 cm³/mol. The fourth-order valence-electron chi connectivity index (χ4n) is 3.87. The predicted octanol–water partition coefficient (Wildman–Crippen LogP) is 5.19. The van der Waals surface area contributed by atoms with Gasteiger partial charge < -0.3 is 0 Å². The largest absolute Gasteiger partial charge is 0.308 e. The number of unbranched alkanes of at least 4 members (excludes halogenated alkanes) is 2. The van der Waals surface area contributed by atoms with Crippen LogP contribution in [0.25, 0.3) is 22.5 Å². The molecule has 3 heterocycles. The zero-order valence-corrected chi connectivity index (χ0v) is 19.4. The van der Waals surface area contributed by atoms with Gasteiger partial charge in [0.05, 0.1) is 0 Å². The highest BCUT2D eigenvalue weighted by atomic mass is 19.3. The summed E-state index contributed by atoms with van der Waals surface area (Å²) < 4.78 is 30.7. The van der Waals surface area contributed by atoms with Crippen molar-refractivity contribution in [3.8, 4) is 22.5 Å². The number of halogens is 2. The maximum atomic E-state index is 14.5. The third kappa shape index (κ3) is 5.32. The maximum Gasteiger partial charge on any atom is 0.308 e. The van der Waals surface area contributed by atoms with Crippen LogP contribution in [0.2, 0.25) is 0 Å². The number of alkyl halides is 2. The number of tetrazole rings is 1. The summed E-state index contributed by atoms with van der Waals surface area (Å²) >= 11 is 0. The van der Waals surface area contributed by atoms with Gasteiger partial charge in [0.2, 0.25) is 5.82 Å². The molecule has 0 spiro atoms. The van der Waals surface area contributed by atoms with Crippen LogP contribution in [-0.2, 0) is 18.9 Å². The number of hydrogen-bond acceptors (Lipinski definition) is 6. The molecular formula is C24H28F2N8. The molecule has 0 aliphatic heterocycles. The van der Waals surface area contributed by atoms with Crippen molar-refractivity contribution in [1.82, 2.24) is 40.4 Å². The zero-order chi connectivity index (χ0) is 24.0. The van der Waals surface area contributed by atoms with E-state index in [1.807, 2.05) is 30.3 Å². The van der Waals surface area contributed by atoms with Gasteiger partial charge in [0.1, 0.15) is 5.82 Å². The number of hydrogen-bond donors (Lipinski definition) is 1. The van der Waals surface area contributed by atoms with Gasteiger partial charge in [-0.25, -0.2) is 14.8 Å². The summed E-state index contributed by atoms with van der Waals surface area (Å²) in [5.41, 5.74) is 3.66. The Kier molecular flexibility index (Phi) is 7.34. The van der Waals surface area contributed by atoms with E-state index in [-0.39, 0.29) is 12.2 Å². The van der Waals surface area contributed by atoms with Crippen molar-refractivity contribution in [2.75, 3.05) is 0 Å². The molecule has 0 aliphatic rings. The first-order valence-electron chi connectivity index (χ1n) is 11.6. The average molecular weight is 467 g/mol.